The molecular formula is C42H40N6O. The maximum absolute atomic E-state index is 10.1. The molecule has 0 aliphatic heterocycles. The lowest BCUT2D eigenvalue weighted by molar-refractivity contribution is 0.270. The minimum absolute atomic E-state index is 0.0262. The number of nitrogens with zero attached hydrogens (tertiary/aromatic N) is 6. The second kappa shape index (κ2) is 14.2. The van der Waals surface area contributed by atoms with Gasteiger partial charge in [-0.15, -0.1) is 5.10 Å². The predicted octanol–water partition coefficient (Wildman–Crippen LogP) is 8.24. The number of aromatic nitrogens is 6. The maximum atomic E-state index is 10.1. The molecule has 7 nitrogen and oxygen atoms in total. The smallest absolute Gasteiger partial charge is 0.184 e. The summed E-state index contributed by atoms with van der Waals surface area (Å²) in [5.41, 5.74) is 8.27. The van der Waals surface area contributed by atoms with Crippen molar-refractivity contribution in [2.45, 2.75) is 51.8 Å². The van der Waals surface area contributed by atoms with Crippen LogP contribution in [0, 0.1) is 6.92 Å². The van der Waals surface area contributed by atoms with E-state index >= 15 is 0 Å². The SMILES string of the molecule is CCCCc1nc(C)c(CO)n1Cc1ccc(-c2ccccc2-c2nnnn2C(c2ccccc2)(c2ccccc2)c2ccccc2)cc1. The van der Waals surface area contributed by atoms with E-state index in [4.69, 9.17) is 15.3 Å². The van der Waals surface area contributed by atoms with Gasteiger partial charge in [0.1, 0.15) is 11.4 Å². The molecule has 2 aromatic heterocycles. The molecule has 0 saturated heterocycles. The lowest BCUT2D eigenvalue weighted by atomic mass is 9.77. The Morgan fingerprint density at radius 2 is 1.22 bits per heavy atom. The molecule has 0 radical (unpaired) electrons. The van der Waals surface area contributed by atoms with Crippen LogP contribution < -0.4 is 0 Å². The first-order chi connectivity index (χ1) is 24.1. The van der Waals surface area contributed by atoms with Gasteiger partial charge in [-0.1, -0.05) is 153 Å². The zero-order chi connectivity index (χ0) is 33.6. The fraction of sp³-hybridized carbons (Fsp3) is 0.190. The number of hydrogen-bond donors (Lipinski definition) is 1. The van der Waals surface area contributed by atoms with E-state index in [2.05, 4.69) is 132 Å². The van der Waals surface area contributed by atoms with E-state index < -0.39 is 5.54 Å². The van der Waals surface area contributed by atoms with Gasteiger partial charge in [0.25, 0.3) is 0 Å². The molecule has 1 N–H and O–H groups in total. The summed E-state index contributed by atoms with van der Waals surface area (Å²) in [5, 5.41) is 23.9. The quantitative estimate of drug-likeness (QED) is 0.136. The molecular weight excluding hydrogens is 605 g/mol. The molecule has 0 fully saturated rings. The van der Waals surface area contributed by atoms with E-state index in [-0.39, 0.29) is 6.61 Å². The number of unbranched alkanes of at least 4 members (excludes halogenated alkanes) is 1. The first kappa shape index (κ1) is 31.9. The van der Waals surface area contributed by atoms with Crippen LogP contribution in [0.15, 0.2) is 140 Å². The van der Waals surface area contributed by atoms with Crippen molar-refractivity contribution >= 4 is 0 Å². The van der Waals surface area contributed by atoms with Gasteiger partial charge in [-0.25, -0.2) is 9.67 Å². The third kappa shape index (κ3) is 5.98. The number of tetrazole rings is 1. The molecule has 7 rings (SSSR count). The molecule has 0 unspecified atom stereocenters. The Morgan fingerprint density at radius 1 is 0.673 bits per heavy atom. The Bertz CT molecular complexity index is 2020. The van der Waals surface area contributed by atoms with Crippen LogP contribution >= 0.6 is 0 Å². The van der Waals surface area contributed by atoms with E-state index in [1.165, 1.54) is 0 Å². The summed E-state index contributed by atoms with van der Waals surface area (Å²) in [6.45, 7) is 4.80. The predicted molar refractivity (Wildman–Crippen MR) is 194 cm³/mol. The van der Waals surface area contributed by atoms with Crippen molar-refractivity contribution < 1.29 is 5.11 Å². The van der Waals surface area contributed by atoms with Crippen molar-refractivity contribution in [2.24, 2.45) is 0 Å². The van der Waals surface area contributed by atoms with Crippen molar-refractivity contribution in [3.63, 3.8) is 0 Å². The van der Waals surface area contributed by atoms with E-state index in [1.54, 1.807) is 0 Å². The molecule has 244 valence electrons. The molecule has 7 aromatic rings. The van der Waals surface area contributed by atoms with Crippen molar-refractivity contribution in [2.75, 3.05) is 0 Å². The van der Waals surface area contributed by atoms with Gasteiger partial charge in [0, 0.05) is 18.5 Å². The van der Waals surface area contributed by atoms with Gasteiger partial charge in [-0.3, -0.25) is 0 Å². The monoisotopic (exact) mass is 644 g/mol. The second-order valence-corrected chi connectivity index (χ2v) is 12.4. The molecule has 0 aliphatic carbocycles. The van der Waals surface area contributed by atoms with Gasteiger partial charge in [0.15, 0.2) is 5.82 Å². The molecule has 7 heteroatoms. The molecule has 0 bridgehead atoms. The number of hydrogen-bond acceptors (Lipinski definition) is 5. The van der Waals surface area contributed by atoms with E-state index in [0.717, 1.165) is 75.4 Å². The molecule has 0 aliphatic rings. The number of imidazole rings is 1. The van der Waals surface area contributed by atoms with Crippen molar-refractivity contribution in [1.29, 1.82) is 0 Å². The summed E-state index contributed by atoms with van der Waals surface area (Å²) in [5.74, 6) is 1.70. The highest BCUT2D eigenvalue weighted by Gasteiger charge is 2.42. The lowest BCUT2D eigenvalue weighted by Crippen LogP contribution is -2.39. The van der Waals surface area contributed by atoms with Gasteiger partial charge >= 0.3 is 0 Å². The van der Waals surface area contributed by atoms with Crippen molar-refractivity contribution in [3.8, 4) is 22.5 Å². The molecule has 0 saturated carbocycles. The van der Waals surface area contributed by atoms with E-state index in [9.17, 15) is 5.11 Å². The molecule has 2 heterocycles. The first-order valence-corrected chi connectivity index (χ1v) is 16.9. The minimum atomic E-state index is -0.845. The number of benzene rings is 5. The topological polar surface area (TPSA) is 81.7 Å². The molecule has 5 aromatic carbocycles. The fourth-order valence-electron chi connectivity index (χ4n) is 6.97. The minimum Gasteiger partial charge on any atom is -0.390 e. The summed E-state index contributed by atoms with van der Waals surface area (Å²) in [6.07, 6.45) is 3.06. The zero-order valence-electron chi connectivity index (χ0n) is 27.9. The average Bonchev–Trinajstić information content (AvgIpc) is 3.77. The normalized spacial score (nSPS) is 11.6. The van der Waals surface area contributed by atoms with Gasteiger partial charge in [-0.2, -0.15) is 0 Å². The third-order valence-electron chi connectivity index (χ3n) is 9.39. The Labute approximate surface area is 287 Å². The Hall–Kier alpha value is -5.66. The largest absolute Gasteiger partial charge is 0.390 e. The van der Waals surface area contributed by atoms with Crippen LogP contribution in [0.4, 0.5) is 0 Å². The van der Waals surface area contributed by atoms with Crippen LogP contribution in [-0.4, -0.2) is 34.9 Å². The van der Waals surface area contributed by atoms with Crippen LogP contribution in [0.1, 0.15) is 59.2 Å². The summed E-state index contributed by atoms with van der Waals surface area (Å²) in [6, 6.07) is 48.4. The fourth-order valence-corrected chi connectivity index (χ4v) is 6.97. The molecule has 0 amide bonds. The van der Waals surface area contributed by atoms with Crippen LogP contribution in [0.2, 0.25) is 0 Å². The van der Waals surface area contributed by atoms with Crippen LogP contribution in [0.5, 0.6) is 0 Å². The highest BCUT2D eigenvalue weighted by molar-refractivity contribution is 5.81. The van der Waals surface area contributed by atoms with Gasteiger partial charge in [0.2, 0.25) is 0 Å². The zero-order valence-corrected chi connectivity index (χ0v) is 27.9. The summed E-state index contributed by atoms with van der Waals surface area (Å²) < 4.78 is 4.16. The van der Waals surface area contributed by atoms with Gasteiger partial charge < -0.3 is 9.67 Å². The standard InChI is InChI=1S/C42H40N6O/c1-3-4-24-40-43-31(2)39(30-49)47(40)29-32-25-27-33(28-26-32)37-22-14-15-23-38(37)41-44-45-46-48(41)42(34-16-8-5-9-17-34,35-18-10-6-11-19-35)36-20-12-7-13-21-36/h5-23,25-28,49H,3-4,24,29-30H2,1-2H3. The first-order valence-electron chi connectivity index (χ1n) is 16.9. The van der Waals surface area contributed by atoms with E-state index in [0.29, 0.717) is 12.4 Å². The second-order valence-electron chi connectivity index (χ2n) is 12.4. The molecule has 0 spiro atoms. The maximum Gasteiger partial charge on any atom is 0.184 e. The molecule has 0 atom stereocenters. The number of rotatable bonds is 12. The Kier molecular flexibility index (Phi) is 9.26. The number of aliphatic hydroxyl groups excluding tert-OH is 1. The van der Waals surface area contributed by atoms with Crippen LogP contribution in [0.25, 0.3) is 22.5 Å². The van der Waals surface area contributed by atoms with Gasteiger partial charge in [0.05, 0.1) is 18.0 Å². The highest BCUT2D eigenvalue weighted by Crippen LogP contribution is 2.43. The Balaban J connectivity index is 1.33. The summed E-state index contributed by atoms with van der Waals surface area (Å²) >= 11 is 0. The summed E-state index contributed by atoms with van der Waals surface area (Å²) in [7, 11) is 0. The third-order valence-corrected chi connectivity index (χ3v) is 9.39. The Morgan fingerprint density at radius 3 is 1.78 bits per heavy atom. The highest BCUT2D eigenvalue weighted by atomic mass is 16.3. The number of aliphatic hydroxyl groups is 1. The average molecular weight is 645 g/mol. The molecule has 49 heavy (non-hydrogen) atoms. The summed E-state index contributed by atoms with van der Waals surface area (Å²) in [4.78, 5) is 4.80. The van der Waals surface area contributed by atoms with E-state index in [1.807, 2.05) is 35.9 Å². The number of aryl methyl sites for hydroxylation is 2. The van der Waals surface area contributed by atoms with Crippen LogP contribution in [0.3, 0.4) is 0 Å². The lowest BCUT2D eigenvalue weighted by Gasteiger charge is -2.36. The van der Waals surface area contributed by atoms with Gasteiger partial charge in [-0.05, 0) is 57.2 Å². The van der Waals surface area contributed by atoms with Crippen molar-refractivity contribution in [1.82, 2.24) is 29.8 Å². The van der Waals surface area contributed by atoms with Crippen LogP contribution in [-0.2, 0) is 25.1 Å². The van der Waals surface area contributed by atoms with Crippen molar-refractivity contribution in [3.05, 3.63) is 179 Å².